The zero-order chi connectivity index (χ0) is 19.8. The van der Waals surface area contributed by atoms with E-state index in [4.69, 9.17) is 4.74 Å². The zero-order valence-corrected chi connectivity index (χ0v) is 16.0. The molecule has 1 aromatic carbocycles. The summed E-state index contributed by atoms with van der Waals surface area (Å²) in [6.45, 7) is 0.205. The molecule has 0 radical (unpaired) electrons. The average molecular weight is 393 g/mol. The van der Waals surface area contributed by atoms with Crippen molar-refractivity contribution in [2.24, 2.45) is 7.05 Å². The van der Waals surface area contributed by atoms with Crippen LogP contribution in [0.25, 0.3) is 17.0 Å². The topological polar surface area (TPSA) is 83.0 Å². The van der Waals surface area contributed by atoms with Gasteiger partial charge < -0.3 is 4.74 Å². The number of nitrogens with zero attached hydrogens (tertiary/aromatic N) is 7. The third-order valence-electron chi connectivity index (χ3n) is 5.28. The van der Waals surface area contributed by atoms with Crippen LogP contribution in [0.3, 0.4) is 0 Å². The van der Waals surface area contributed by atoms with E-state index in [-0.39, 0.29) is 12.4 Å². The van der Waals surface area contributed by atoms with Gasteiger partial charge in [0.05, 0.1) is 5.56 Å². The fourth-order valence-corrected chi connectivity index (χ4v) is 3.86. The Bertz CT molecular complexity index is 1160. The van der Waals surface area contributed by atoms with Crippen molar-refractivity contribution >= 4 is 5.65 Å². The standard InChI is InChI=1S/C20H20FN7O/c1-27-12-22-17(25-27)11-29-20-15(13-6-2-3-7-13)10-18-23-24-19(28(18)26-20)14-8-4-5-9-16(14)21/h4-5,8-10,12-13H,2-3,6-7,11H2,1H3. The van der Waals surface area contributed by atoms with Crippen molar-refractivity contribution in [1.82, 2.24) is 34.6 Å². The van der Waals surface area contributed by atoms with Crippen LogP contribution in [0.4, 0.5) is 4.39 Å². The normalized spacial score (nSPS) is 14.7. The number of aryl methyl sites for hydroxylation is 1. The summed E-state index contributed by atoms with van der Waals surface area (Å²) in [6.07, 6.45) is 6.17. The molecule has 1 aliphatic carbocycles. The minimum absolute atomic E-state index is 0.205. The van der Waals surface area contributed by atoms with Gasteiger partial charge in [-0.2, -0.15) is 9.61 Å². The summed E-state index contributed by atoms with van der Waals surface area (Å²) in [4.78, 5) is 4.21. The van der Waals surface area contributed by atoms with Crippen LogP contribution in [-0.2, 0) is 13.7 Å². The molecule has 0 unspecified atom stereocenters. The van der Waals surface area contributed by atoms with Gasteiger partial charge >= 0.3 is 0 Å². The van der Waals surface area contributed by atoms with Gasteiger partial charge in [-0.05, 0) is 37.0 Å². The zero-order valence-electron chi connectivity index (χ0n) is 16.0. The van der Waals surface area contributed by atoms with Gasteiger partial charge in [0.15, 0.2) is 23.9 Å². The number of halogens is 1. The molecule has 1 saturated carbocycles. The first kappa shape index (κ1) is 17.7. The number of benzene rings is 1. The van der Waals surface area contributed by atoms with Crippen LogP contribution in [0.1, 0.15) is 43.0 Å². The summed E-state index contributed by atoms with van der Waals surface area (Å²) in [5.41, 5.74) is 1.94. The van der Waals surface area contributed by atoms with E-state index < -0.39 is 0 Å². The predicted octanol–water partition coefficient (Wildman–Crippen LogP) is 3.30. The number of hydrogen-bond donors (Lipinski definition) is 0. The van der Waals surface area contributed by atoms with Crippen LogP contribution < -0.4 is 4.74 Å². The number of hydrogen-bond acceptors (Lipinski definition) is 6. The lowest BCUT2D eigenvalue weighted by Crippen LogP contribution is -2.08. The smallest absolute Gasteiger partial charge is 0.235 e. The minimum atomic E-state index is -0.372. The maximum atomic E-state index is 14.3. The highest BCUT2D eigenvalue weighted by atomic mass is 19.1. The molecule has 3 aromatic heterocycles. The van der Waals surface area contributed by atoms with Gasteiger partial charge in [0.25, 0.3) is 0 Å². The second kappa shape index (κ2) is 7.23. The molecule has 9 heteroatoms. The quantitative estimate of drug-likeness (QED) is 0.517. The fraction of sp³-hybridized carbons (Fsp3) is 0.350. The largest absolute Gasteiger partial charge is 0.468 e. The molecule has 148 valence electrons. The van der Waals surface area contributed by atoms with Crippen LogP contribution in [0.5, 0.6) is 5.88 Å². The second-order valence-electron chi connectivity index (χ2n) is 7.28. The van der Waals surface area contributed by atoms with Crippen molar-refractivity contribution in [2.75, 3.05) is 0 Å². The lowest BCUT2D eigenvalue weighted by atomic mass is 9.99. The van der Waals surface area contributed by atoms with Gasteiger partial charge in [-0.25, -0.2) is 9.37 Å². The summed E-state index contributed by atoms with van der Waals surface area (Å²) in [5, 5.41) is 17.3. The van der Waals surface area contributed by atoms with Gasteiger partial charge in [-0.3, -0.25) is 4.68 Å². The SMILES string of the molecule is Cn1cnc(COc2nn3c(-c4ccccc4F)nnc3cc2C2CCCC2)n1. The Hall–Kier alpha value is -3.36. The van der Waals surface area contributed by atoms with E-state index in [0.717, 1.165) is 18.4 Å². The molecule has 0 atom stereocenters. The molecule has 0 amide bonds. The van der Waals surface area contributed by atoms with E-state index in [2.05, 4.69) is 25.4 Å². The van der Waals surface area contributed by atoms with Gasteiger partial charge in [0.2, 0.25) is 5.88 Å². The maximum Gasteiger partial charge on any atom is 0.235 e. The first-order valence-electron chi connectivity index (χ1n) is 9.67. The molecule has 0 bridgehead atoms. The Morgan fingerprint density at radius 2 is 1.97 bits per heavy atom. The number of fused-ring (bicyclic) bond motifs is 1. The van der Waals surface area contributed by atoms with Crippen LogP contribution in [0.15, 0.2) is 36.7 Å². The van der Waals surface area contributed by atoms with Crippen molar-refractivity contribution in [3.8, 4) is 17.3 Å². The number of aromatic nitrogens is 7. The van der Waals surface area contributed by atoms with Crippen molar-refractivity contribution in [2.45, 2.75) is 38.2 Å². The first-order valence-corrected chi connectivity index (χ1v) is 9.67. The predicted molar refractivity (Wildman–Crippen MR) is 103 cm³/mol. The molecule has 1 aliphatic rings. The monoisotopic (exact) mass is 393 g/mol. The van der Waals surface area contributed by atoms with Gasteiger partial charge in [-0.1, -0.05) is 25.0 Å². The highest BCUT2D eigenvalue weighted by Crippen LogP contribution is 2.38. The second-order valence-corrected chi connectivity index (χ2v) is 7.28. The van der Waals surface area contributed by atoms with Crippen LogP contribution >= 0.6 is 0 Å². The van der Waals surface area contributed by atoms with Gasteiger partial charge in [-0.15, -0.1) is 15.3 Å². The fourth-order valence-electron chi connectivity index (χ4n) is 3.86. The molecule has 0 saturated heterocycles. The first-order chi connectivity index (χ1) is 14.2. The summed E-state index contributed by atoms with van der Waals surface area (Å²) < 4.78 is 23.5. The molecule has 4 aromatic rings. The Balaban J connectivity index is 1.58. The molecule has 0 spiro atoms. The summed E-state index contributed by atoms with van der Waals surface area (Å²) >= 11 is 0. The lowest BCUT2D eigenvalue weighted by molar-refractivity contribution is 0.274. The molecule has 5 rings (SSSR count). The highest BCUT2D eigenvalue weighted by Gasteiger charge is 2.25. The van der Waals surface area contributed by atoms with Crippen molar-refractivity contribution < 1.29 is 9.13 Å². The minimum Gasteiger partial charge on any atom is -0.468 e. The molecular weight excluding hydrogens is 373 g/mol. The number of ether oxygens (including phenoxy) is 1. The van der Waals surface area contributed by atoms with E-state index >= 15 is 0 Å². The molecule has 0 N–H and O–H groups in total. The van der Waals surface area contributed by atoms with Crippen LogP contribution in [0.2, 0.25) is 0 Å². The maximum absolute atomic E-state index is 14.3. The molecule has 1 fully saturated rings. The van der Waals surface area contributed by atoms with E-state index in [1.807, 2.05) is 13.1 Å². The summed E-state index contributed by atoms with van der Waals surface area (Å²) in [6, 6.07) is 8.42. The lowest BCUT2D eigenvalue weighted by Gasteiger charge is -2.15. The van der Waals surface area contributed by atoms with Gasteiger partial charge in [0.1, 0.15) is 12.1 Å². The molecule has 3 heterocycles. The Morgan fingerprint density at radius 1 is 1.14 bits per heavy atom. The molecule has 0 aliphatic heterocycles. The number of rotatable bonds is 5. The highest BCUT2D eigenvalue weighted by molar-refractivity contribution is 5.60. The van der Waals surface area contributed by atoms with Crippen molar-refractivity contribution in [1.29, 1.82) is 0 Å². The third kappa shape index (κ3) is 3.32. The van der Waals surface area contributed by atoms with Crippen LogP contribution in [-0.4, -0.2) is 34.6 Å². The Morgan fingerprint density at radius 3 is 2.72 bits per heavy atom. The van der Waals surface area contributed by atoms with Crippen LogP contribution in [0, 0.1) is 5.82 Å². The summed E-state index contributed by atoms with van der Waals surface area (Å²) in [7, 11) is 1.81. The van der Waals surface area contributed by atoms with E-state index in [1.165, 1.54) is 23.4 Å². The van der Waals surface area contributed by atoms with E-state index in [9.17, 15) is 4.39 Å². The van der Waals surface area contributed by atoms with Gasteiger partial charge in [0, 0.05) is 12.6 Å². The third-order valence-corrected chi connectivity index (χ3v) is 5.28. The average Bonchev–Trinajstić information content (AvgIpc) is 3.47. The van der Waals surface area contributed by atoms with Crippen molar-refractivity contribution in [3.63, 3.8) is 0 Å². The van der Waals surface area contributed by atoms with Crippen molar-refractivity contribution in [3.05, 3.63) is 53.9 Å². The van der Waals surface area contributed by atoms with E-state index in [1.54, 1.807) is 29.2 Å². The Kier molecular flexibility index (Phi) is 4.42. The summed E-state index contributed by atoms with van der Waals surface area (Å²) in [5.74, 6) is 1.41. The molecule has 8 nitrogen and oxygen atoms in total. The van der Waals surface area contributed by atoms with E-state index in [0.29, 0.717) is 34.7 Å². The Labute approximate surface area is 166 Å². The molecular formula is C20H20FN7O. The molecule has 29 heavy (non-hydrogen) atoms.